The largest absolute Gasteiger partial charge is 0.463 e. The molecule has 2 nitrogen and oxygen atoms in total. The van der Waals surface area contributed by atoms with E-state index in [1.807, 2.05) is 0 Å². The molecule has 0 aliphatic heterocycles. The van der Waals surface area contributed by atoms with Crippen molar-refractivity contribution in [3.05, 3.63) is 12.7 Å². The van der Waals surface area contributed by atoms with Crippen LogP contribution in [0, 0.1) is 0 Å². The molecule has 0 aromatic heterocycles. The molecule has 0 amide bonds. The Bertz CT molecular complexity index is 321. The molecule has 0 fully saturated rings. The molecule has 0 radical (unpaired) electrons. The monoisotopic (exact) mass is 296 g/mol. The van der Waals surface area contributed by atoms with Gasteiger partial charge in [-0.1, -0.05) is 6.58 Å². The topological polar surface area (TPSA) is 26.3 Å². The van der Waals surface area contributed by atoms with Crippen molar-refractivity contribution in [2.24, 2.45) is 0 Å². The molecular weight excluding hydrogens is 285 g/mol. The minimum absolute atomic E-state index is 0.621. The lowest BCUT2D eigenvalue weighted by atomic mass is 9.95. The standard InChI is InChI=1S/C10H11F7O2/c1-2-7(18)19-5-3-4-8(11,10(15,16)17)6-9(12,13)14/h2H,1,3-6H2. The number of carbonyl (C=O) groups excluding carboxylic acids is 1. The van der Waals surface area contributed by atoms with Gasteiger partial charge in [0, 0.05) is 6.08 Å². The van der Waals surface area contributed by atoms with Crippen LogP contribution in [-0.2, 0) is 9.53 Å². The Labute approximate surface area is 104 Å². The first-order chi connectivity index (χ1) is 8.41. The molecule has 0 aromatic carbocycles. The van der Waals surface area contributed by atoms with Crippen LogP contribution in [0.3, 0.4) is 0 Å². The third-order valence-corrected chi connectivity index (χ3v) is 2.12. The lowest BCUT2D eigenvalue weighted by molar-refractivity contribution is -0.270. The van der Waals surface area contributed by atoms with E-state index in [0.717, 1.165) is 6.08 Å². The van der Waals surface area contributed by atoms with Crippen LogP contribution in [0.4, 0.5) is 30.7 Å². The summed E-state index contributed by atoms with van der Waals surface area (Å²) in [7, 11) is 0. The van der Waals surface area contributed by atoms with Crippen molar-refractivity contribution < 1.29 is 40.3 Å². The minimum Gasteiger partial charge on any atom is -0.463 e. The van der Waals surface area contributed by atoms with Crippen LogP contribution in [-0.4, -0.2) is 30.6 Å². The summed E-state index contributed by atoms with van der Waals surface area (Å²) in [6.45, 7) is 2.38. The molecule has 0 bridgehead atoms. The number of carbonyl (C=O) groups is 1. The van der Waals surface area contributed by atoms with Crippen molar-refractivity contribution >= 4 is 5.97 Å². The third kappa shape index (κ3) is 6.44. The molecule has 1 atom stereocenters. The second-order valence-corrected chi connectivity index (χ2v) is 3.73. The molecule has 0 saturated heterocycles. The molecule has 112 valence electrons. The maximum atomic E-state index is 13.4. The number of hydrogen-bond donors (Lipinski definition) is 0. The zero-order valence-electron chi connectivity index (χ0n) is 9.58. The molecule has 0 aliphatic rings. The van der Waals surface area contributed by atoms with E-state index < -0.39 is 49.9 Å². The Balaban J connectivity index is 4.54. The molecule has 0 aromatic rings. The highest BCUT2D eigenvalue weighted by Gasteiger charge is 2.60. The molecule has 19 heavy (non-hydrogen) atoms. The highest BCUT2D eigenvalue weighted by Crippen LogP contribution is 2.44. The Hall–Kier alpha value is -1.28. The van der Waals surface area contributed by atoms with Gasteiger partial charge >= 0.3 is 18.3 Å². The molecule has 0 saturated carbocycles. The van der Waals surface area contributed by atoms with Gasteiger partial charge in [0.25, 0.3) is 0 Å². The minimum atomic E-state index is -5.65. The fourth-order valence-corrected chi connectivity index (χ4v) is 1.23. The quantitative estimate of drug-likeness (QED) is 0.323. The highest BCUT2D eigenvalue weighted by atomic mass is 19.4. The summed E-state index contributed by atoms with van der Waals surface area (Å²) in [6, 6.07) is 0. The van der Waals surface area contributed by atoms with Gasteiger partial charge in [-0.3, -0.25) is 0 Å². The van der Waals surface area contributed by atoms with Crippen LogP contribution in [0.5, 0.6) is 0 Å². The Morgan fingerprint density at radius 1 is 1.11 bits per heavy atom. The summed E-state index contributed by atoms with van der Waals surface area (Å²) in [5, 5.41) is 0. The van der Waals surface area contributed by atoms with E-state index in [1.165, 1.54) is 0 Å². The average Bonchev–Trinajstić information content (AvgIpc) is 2.20. The first kappa shape index (κ1) is 17.7. The summed E-state index contributed by atoms with van der Waals surface area (Å²) >= 11 is 0. The third-order valence-electron chi connectivity index (χ3n) is 2.12. The van der Waals surface area contributed by atoms with Crippen LogP contribution in [0.2, 0.25) is 0 Å². The van der Waals surface area contributed by atoms with Crippen molar-refractivity contribution in [3.63, 3.8) is 0 Å². The SMILES string of the molecule is C=CC(=O)OCCCC(F)(CC(F)(F)F)C(F)(F)F. The van der Waals surface area contributed by atoms with Crippen molar-refractivity contribution in [3.8, 4) is 0 Å². The fourth-order valence-electron chi connectivity index (χ4n) is 1.23. The fraction of sp³-hybridized carbons (Fsp3) is 0.700. The van der Waals surface area contributed by atoms with Gasteiger partial charge in [0.05, 0.1) is 13.0 Å². The Kier molecular flexibility index (Phi) is 5.83. The smallest absolute Gasteiger partial charge is 0.422 e. The molecule has 1 unspecified atom stereocenters. The van der Waals surface area contributed by atoms with Gasteiger partial charge in [-0.2, -0.15) is 26.3 Å². The van der Waals surface area contributed by atoms with Crippen molar-refractivity contribution in [1.82, 2.24) is 0 Å². The molecular formula is C10H11F7O2. The maximum absolute atomic E-state index is 13.4. The zero-order valence-corrected chi connectivity index (χ0v) is 9.58. The second kappa shape index (κ2) is 6.25. The molecule has 0 heterocycles. The average molecular weight is 296 g/mol. The normalized spacial score (nSPS) is 15.7. The van der Waals surface area contributed by atoms with Gasteiger partial charge < -0.3 is 4.74 Å². The summed E-state index contributed by atoms with van der Waals surface area (Å²) < 4.78 is 90.3. The summed E-state index contributed by atoms with van der Waals surface area (Å²) in [6.07, 6.45) is -15.0. The molecule has 9 heteroatoms. The first-order valence-corrected chi connectivity index (χ1v) is 5.03. The predicted octanol–water partition coefficient (Wildman–Crippen LogP) is 3.72. The second-order valence-electron chi connectivity index (χ2n) is 3.73. The summed E-state index contributed by atoms with van der Waals surface area (Å²) in [5.41, 5.74) is -4.38. The molecule has 0 spiro atoms. The van der Waals surface area contributed by atoms with Crippen molar-refractivity contribution in [1.29, 1.82) is 0 Å². The van der Waals surface area contributed by atoms with E-state index in [2.05, 4.69) is 11.3 Å². The van der Waals surface area contributed by atoms with Gasteiger partial charge in [-0.05, 0) is 12.8 Å². The zero-order chi connectivity index (χ0) is 15.3. The van der Waals surface area contributed by atoms with Gasteiger partial charge in [0.2, 0.25) is 5.67 Å². The first-order valence-electron chi connectivity index (χ1n) is 5.03. The van der Waals surface area contributed by atoms with E-state index >= 15 is 0 Å². The van der Waals surface area contributed by atoms with Crippen LogP contribution >= 0.6 is 0 Å². The van der Waals surface area contributed by atoms with Crippen molar-refractivity contribution in [2.45, 2.75) is 37.3 Å². The van der Waals surface area contributed by atoms with Crippen LogP contribution in [0.25, 0.3) is 0 Å². The molecule has 0 rings (SSSR count). The van der Waals surface area contributed by atoms with Gasteiger partial charge in [0.15, 0.2) is 0 Å². The highest BCUT2D eigenvalue weighted by molar-refractivity contribution is 5.81. The van der Waals surface area contributed by atoms with Crippen LogP contribution in [0.15, 0.2) is 12.7 Å². The van der Waals surface area contributed by atoms with E-state index in [1.54, 1.807) is 0 Å². The maximum Gasteiger partial charge on any atom is 0.422 e. The summed E-state index contributed by atoms with van der Waals surface area (Å²) in [4.78, 5) is 10.5. The number of alkyl halides is 7. The molecule has 0 aliphatic carbocycles. The van der Waals surface area contributed by atoms with E-state index in [-0.39, 0.29) is 0 Å². The van der Waals surface area contributed by atoms with E-state index in [0.29, 0.717) is 0 Å². The van der Waals surface area contributed by atoms with Gasteiger partial charge in [-0.25, -0.2) is 9.18 Å². The summed E-state index contributed by atoms with van der Waals surface area (Å²) in [5.74, 6) is -0.952. The lowest BCUT2D eigenvalue weighted by Crippen LogP contribution is -2.44. The number of rotatable bonds is 6. The van der Waals surface area contributed by atoms with Gasteiger partial charge in [0.1, 0.15) is 0 Å². The van der Waals surface area contributed by atoms with E-state index in [9.17, 15) is 35.5 Å². The van der Waals surface area contributed by atoms with Crippen LogP contribution < -0.4 is 0 Å². The number of esters is 1. The lowest BCUT2D eigenvalue weighted by Gasteiger charge is -2.28. The molecule has 0 N–H and O–H groups in total. The van der Waals surface area contributed by atoms with Crippen molar-refractivity contribution in [2.75, 3.05) is 6.61 Å². The van der Waals surface area contributed by atoms with Gasteiger partial charge in [-0.15, -0.1) is 0 Å². The van der Waals surface area contributed by atoms with Crippen LogP contribution in [0.1, 0.15) is 19.3 Å². The predicted molar refractivity (Wildman–Crippen MR) is 51.0 cm³/mol. The van der Waals surface area contributed by atoms with E-state index in [4.69, 9.17) is 0 Å². The number of hydrogen-bond acceptors (Lipinski definition) is 2. The number of ether oxygens (including phenoxy) is 1. The number of halogens is 7. The Morgan fingerprint density at radius 3 is 2.00 bits per heavy atom. The Morgan fingerprint density at radius 2 is 1.63 bits per heavy atom.